The highest BCUT2D eigenvalue weighted by molar-refractivity contribution is 5.04. The first-order chi connectivity index (χ1) is 6.38. The Hall–Kier alpha value is -0.0400. The Kier molecular flexibility index (Phi) is 1.90. The van der Waals surface area contributed by atoms with Gasteiger partial charge in [0.1, 0.15) is 0 Å². The lowest BCUT2D eigenvalue weighted by atomic mass is 9.79. The summed E-state index contributed by atoms with van der Waals surface area (Å²) < 4.78 is 0. The third-order valence-electron chi connectivity index (χ3n) is 4.75. The summed E-state index contributed by atoms with van der Waals surface area (Å²) in [5, 5.41) is 10.1. The van der Waals surface area contributed by atoms with E-state index in [1.165, 1.54) is 44.9 Å². The predicted molar refractivity (Wildman–Crippen MR) is 52.3 cm³/mol. The molecule has 3 aliphatic rings. The Bertz CT molecular complexity index is 185. The molecule has 3 rings (SSSR count). The molecule has 0 spiro atoms. The monoisotopic (exact) mass is 180 g/mol. The highest BCUT2D eigenvalue weighted by atomic mass is 16.3. The molecule has 3 fully saturated rings. The first kappa shape index (κ1) is 8.28. The van der Waals surface area contributed by atoms with Gasteiger partial charge in [-0.3, -0.25) is 0 Å². The molecule has 0 aromatic carbocycles. The van der Waals surface area contributed by atoms with Crippen LogP contribution in [-0.4, -0.2) is 11.2 Å². The van der Waals surface area contributed by atoms with Crippen LogP contribution in [0.15, 0.2) is 0 Å². The lowest BCUT2D eigenvalue weighted by molar-refractivity contribution is 0.0376. The van der Waals surface area contributed by atoms with Gasteiger partial charge in [0.05, 0.1) is 6.10 Å². The molecule has 3 aliphatic carbocycles. The van der Waals surface area contributed by atoms with Gasteiger partial charge in [0, 0.05) is 0 Å². The Balaban J connectivity index is 1.60. The first-order valence-corrected chi connectivity index (χ1v) is 6.06. The maximum atomic E-state index is 10.1. The second-order valence-electron chi connectivity index (χ2n) is 5.37. The minimum atomic E-state index is 0.0850. The van der Waals surface area contributed by atoms with Gasteiger partial charge in [-0.1, -0.05) is 19.3 Å². The van der Waals surface area contributed by atoms with Crippen molar-refractivity contribution < 1.29 is 5.11 Å². The molecule has 3 unspecified atom stereocenters. The summed E-state index contributed by atoms with van der Waals surface area (Å²) in [4.78, 5) is 0. The predicted octanol–water partition coefficient (Wildman–Crippen LogP) is 2.58. The van der Waals surface area contributed by atoms with Gasteiger partial charge in [-0.15, -0.1) is 0 Å². The van der Waals surface area contributed by atoms with Gasteiger partial charge < -0.3 is 5.11 Å². The van der Waals surface area contributed by atoms with Crippen molar-refractivity contribution in [3.8, 4) is 0 Å². The van der Waals surface area contributed by atoms with E-state index in [4.69, 9.17) is 0 Å². The second-order valence-corrected chi connectivity index (χ2v) is 5.37. The first-order valence-electron chi connectivity index (χ1n) is 6.06. The van der Waals surface area contributed by atoms with Crippen LogP contribution >= 0.6 is 0 Å². The number of rotatable bonds is 2. The molecule has 1 heteroatoms. The molecular weight excluding hydrogens is 160 g/mol. The van der Waals surface area contributed by atoms with Crippen molar-refractivity contribution in [2.45, 2.75) is 51.0 Å². The minimum absolute atomic E-state index is 0.0850. The molecule has 1 N–H and O–H groups in total. The average molecular weight is 180 g/mol. The SMILES string of the molecule is OC(C1CCC1)C1C2CCCCC21. The molecular formula is C12H20O. The largest absolute Gasteiger partial charge is 0.393 e. The zero-order valence-corrected chi connectivity index (χ0v) is 8.28. The zero-order chi connectivity index (χ0) is 8.84. The highest BCUT2D eigenvalue weighted by Gasteiger charge is 2.55. The number of aliphatic hydroxyl groups is 1. The van der Waals surface area contributed by atoms with Crippen molar-refractivity contribution in [1.82, 2.24) is 0 Å². The smallest absolute Gasteiger partial charge is 0.0602 e. The Morgan fingerprint density at radius 2 is 1.46 bits per heavy atom. The lowest BCUT2D eigenvalue weighted by Crippen LogP contribution is -2.29. The Morgan fingerprint density at radius 1 is 0.846 bits per heavy atom. The number of fused-ring (bicyclic) bond motifs is 1. The van der Waals surface area contributed by atoms with E-state index in [1.807, 2.05) is 0 Å². The fourth-order valence-corrected chi connectivity index (χ4v) is 3.65. The molecule has 74 valence electrons. The third-order valence-corrected chi connectivity index (χ3v) is 4.75. The summed E-state index contributed by atoms with van der Waals surface area (Å²) in [5.74, 6) is 3.29. The van der Waals surface area contributed by atoms with Crippen LogP contribution in [-0.2, 0) is 0 Å². The van der Waals surface area contributed by atoms with Crippen LogP contribution in [0.1, 0.15) is 44.9 Å². The van der Waals surface area contributed by atoms with Crippen molar-refractivity contribution in [1.29, 1.82) is 0 Å². The molecule has 13 heavy (non-hydrogen) atoms. The molecule has 0 heterocycles. The van der Waals surface area contributed by atoms with E-state index in [0.717, 1.165) is 17.8 Å². The van der Waals surface area contributed by atoms with Gasteiger partial charge >= 0.3 is 0 Å². The average Bonchev–Trinajstić information content (AvgIpc) is 2.74. The zero-order valence-electron chi connectivity index (χ0n) is 8.28. The van der Waals surface area contributed by atoms with Gasteiger partial charge in [0.2, 0.25) is 0 Å². The molecule has 0 radical (unpaired) electrons. The topological polar surface area (TPSA) is 20.2 Å². The van der Waals surface area contributed by atoms with E-state index in [0.29, 0.717) is 5.92 Å². The third kappa shape index (κ3) is 1.24. The van der Waals surface area contributed by atoms with E-state index in [2.05, 4.69) is 0 Å². The molecule has 0 bridgehead atoms. The molecule has 0 amide bonds. The summed E-state index contributed by atoms with van der Waals surface area (Å²) in [6.07, 6.45) is 9.74. The maximum Gasteiger partial charge on any atom is 0.0602 e. The van der Waals surface area contributed by atoms with Crippen molar-refractivity contribution in [2.75, 3.05) is 0 Å². The maximum absolute atomic E-state index is 10.1. The summed E-state index contributed by atoms with van der Waals surface area (Å²) in [6, 6.07) is 0. The fourth-order valence-electron chi connectivity index (χ4n) is 3.65. The van der Waals surface area contributed by atoms with Crippen molar-refractivity contribution in [2.24, 2.45) is 23.7 Å². The molecule has 0 aromatic rings. The van der Waals surface area contributed by atoms with Crippen LogP contribution in [0.5, 0.6) is 0 Å². The van der Waals surface area contributed by atoms with Crippen LogP contribution < -0.4 is 0 Å². The summed E-state index contributed by atoms with van der Waals surface area (Å²) in [6.45, 7) is 0. The second kappa shape index (κ2) is 2.98. The van der Waals surface area contributed by atoms with Gasteiger partial charge in [-0.2, -0.15) is 0 Å². The fraction of sp³-hybridized carbons (Fsp3) is 1.00. The van der Waals surface area contributed by atoms with Crippen molar-refractivity contribution in [3.05, 3.63) is 0 Å². The Morgan fingerprint density at radius 3 is 1.92 bits per heavy atom. The Labute approximate surface area is 80.5 Å². The van der Waals surface area contributed by atoms with Crippen LogP contribution in [0, 0.1) is 23.7 Å². The number of aliphatic hydroxyl groups excluding tert-OH is 1. The summed E-state index contributed by atoms with van der Waals surface area (Å²) >= 11 is 0. The highest BCUT2D eigenvalue weighted by Crippen LogP contribution is 2.59. The van der Waals surface area contributed by atoms with Crippen LogP contribution in [0.3, 0.4) is 0 Å². The standard InChI is InChI=1S/C12H20O/c13-12(8-4-3-5-8)11-9-6-1-2-7-10(9)11/h8-13H,1-7H2. The molecule has 1 nitrogen and oxygen atoms in total. The van der Waals surface area contributed by atoms with E-state index in [-0.39, 0.29) is 6.10 Å². The van der Waals surface area contributed by atoms with Gasteiger partial charge in [-0.05, 0) is 49.4 Å². The van der Waals surface area contributed by atoms with Crippen molar-refractivity contribution in [3.63, 3.8) is 0 Å². The summed E-state index contributed by atoms with van der Waals surface area (Å²) in [7, 11) is 0. The van der Waals surface area contributed by atoms with Crippen molar-refractivity contribution >= 4 is 0 Å². The molecule has 0 aromatic heterocycles. The van der Waals surface area contributed by atoms with Crippen LogP contribution in [0.2, 0.25) is 0 Å². The summed E-state index contributed by atoms with van der Waals surface area (Å²) in [5.41, 5.74) is 0. The van der Waals surface area contributed by atoms with E-state index >= 15 is 0 Å². The van der Waals surface area contributed by atoms with Crippen LogP contribution in [0.25, 0.3) is 0 Å². The number of hydrogen-bond donors (Lipinski definition) is 1. The van der Waals surface area contributed by atoms with Crippen LogP contribution in [0.4, 0.5) is 0 Å². The quantitative estimate of drug-likeness (QED) is 0.692. The molecule has 0 aliphatic heterocycles. The molecule has 0 saturated heterocycles. The van der Waals surface area contributed by atoms with E-state index in [1.54, 1.807) is 0 Å². The lowest BCUT2D eigenvalue weighted by Gasteiger charge is -2.30. The molecule has 3 atom stereocenters. The van der Waals surface area contributed by atoms with Gasteiger partial charge in [-0.25, -0.2) is 0 Å². The minimum Gasteiger partial charge on any atom is -0.393 e. The van der Waals surface area contributed by atoms with E-state index < -0.39 is 0 Å². The number of hydrogen-bond acceptors (Lipinski definition) is 1. The molecule has 3 saturated carbocycles. The van der Waals surface area contributed by atoms with E-state index in [9.17, 15) is 5.11 Å². The van der Waals surface area contributed by atoms with Gasteiger partial charge in [0.25, 0.3) is 0 Å². The normalized spacial score (nSPS) is 46.4. The van der Waals surface area contributed by atoms with Gasteiger partial charge in [0.15, 0.2) is 0 Å².